The molecule has 2 radical (unpaired) electrons. The Bertz CT molecular complexity index is 878. The fourth-order valence-electron chi connectivity index (χ4n) is 4.99. The van der Waals surface area contributed by atoms with Crippen molar-refractivity contribution in [2.75, 3.05) is 36.8 Å². The summed E-state index contributed by atoms with van der Waals surface area (Å²) in [5.74, 6) is 3.79. The Morgan fingerprint density at radius 3 is 1.82 bits per heavy atom. The average molecular weight is 666 g/mol. The molecule has 1 aromatic heterocycles. The van der Waals surface area contributed by atoms with Gasteiger partial charge in [-0.25, -0.2) is 0 Å². The van der Waals surface area contributed by atoms with E-state index in [2.05, 4.69) is 78.0 Å². The predicted octanol–water partition coefficient (Wildman–Crippen LogP) is 5.45. The van der Waals surface area contributed by atoms with Crippen LogP contribution < -0.4 is 10.6 Å². The molecular weight excluding hydrogens is 624 g/mol. The first-order valence-electron chi connectivity index (χ1n) is 13.1. The number of likely N-dealkylation sites (tertiary alicyclic amines) is 2. The average Bonchev–Trinajstić information content (AvgIpc) is 2.90. The molecule has 1 aromatic carbocycles. The van der Waals surface area contributed by atoms with Gasteiger partial charge in [-0.15, -0.1) is 29.4 Å². The molecule has 0 aliphatic carbocycles. The number of pyridine rings is 1. The van der Waals surface area contributed by atoms with E-state index in [1.807, 2.05) is 24.3 Å². The van der Waals surface area contributed by atoms with Crippen LogP contribution in [0, 0.1) is 18.0 Å². The van der Waals surface area contributed by atoms with Crippen molar-refractivity contribution in [3.05, 3.63) is 78.3 Å². The first-order valence-corrected chi connectivity index (χ1v) is 13.1. The van der Waals surface area contributed by atoms with E-state index in [1.165, 1.54) is 23.0 Å². The normalized spacial score (nSPS) is 16.1. The second-order valence-electron chi connectivity index (χ2n) is 9.94. The zero-order chi connectivity index (χ0) is 25.9. The Morgan fingerprint density at radius 2 is 1.32 bits per heavy atom. The molecule has 2 aliphatic rings. The number of para-hydroxylation sites is 1. The molecule has 2 N–H and O–H groups in total. The minimum Gasteiger partial charge on any atom is -0.491 e. The van der Waals surface area contributed by atoms with Crippen molar-refractivity contribution >= 4 is 17.9 Å². The van der Waals surface area contributed by atoms with E-state index in [4.69, 9.17) is 0 Å². The first kappa shape index (κ1) is 35.3. The molecule has 0 bridgehead atoms. The van der Waals surface area contributed by atoms with E-state index in [0.717, 1.165) is 63.4 Å². The van der Waals surface area contributed by atoms with Crippen molar-refractivity contribution in [2.45, 2.75) is 65.5 Å². The van der Waals surface area contributed by atoms with Crippen molar-refractivity contribution in [3.63, 3.8) is 0 Å². The van der Waals surface area contributed by atoms with Gasteiger partial charge in [-0.05, 0) is 53.9 Å². The molecule has 6 nitrogen and oxygen atoms in total. The molecule has 8 heteroatoms. The van der Waals surface area contributed by atoms with Crippen LogP contribution in [0.2, 0.25) is 0 Å². The summed E-state index contributed by atoms with van der Waals surface area (Å²) in [5.41, 5.74) is 3.27. The molecule has 202 valence electrons. The molecule has 38 heavy (non-hydrogen) atoms. The van der Waals surface area contributed by atoms with Gasteiger partial charge >= 0.3 is 0 Å². The second-order valence-corrected chi connectivity index (χ2v) is 9.94. The number of benzene rings is 1. The number of amides is 1. The minimum atomic E-state index is 0. The van der Waals surface area contributed by atoms with Crippen LogP contribution in [0.4, 0.5) is 11.5 Å². The van der Waals surface area contributed by atoms with E-state index in [1.54, 1.807) is 12.6 Å². The van der Waals surface area contributed by atoms with Crippen LogP contribution in [0.25, 0.3) is 0 Å². The monoisotopic (exact) mass is 665 g/mol. The number of nitrogens with zero attached hydrogens (tertiary/aromatic N) is 3. The Labute approximate surface area is 280 Å². The van der Waals surface area contributed by atoms with Crippen LogP contribution in [0.15, 0.2) is 49.2 Å². The Kier molecular flexibility index (Phi) is 17.2. The van der Waals surface area contributed by atoms with Crippen molar-refractivity contribution in [1.82, 2.24) is 14.8 Å². The minimum absolute atomic E-state index is 0. The third kappa shape index (κ3) is 10.3. The number of rotatable bonds is 8. The molecule has 0 saturated carbocycles. The number of carbonyl (C=O) groups excluding carboxylic acids is 1. The molecule has 0 spiro atoms. The van der Waals surface area contributed by atoms with Gasteiger partial charge in [0.25, 0.3) is 0 Å². The third-order valence-electron chi connectivity index (χ3n) is 7.15. The molecule has 4 rings (SSSR count). The molecule has 3 heterocycles. The summed E-state index contributed by atoms with van der Waals surface area (Å²) in [6.07, 6.45) is 10.7. The second kappa shape index (κ2) is 18.6. The van der Waals surface area contributed by atoms with Gasteiger partial charge in [0.05, 0.1) is 6.41 Å². The maximum Gasteiger partial charge on any atom is 0.0692 e. The standard InChI is InChI=1S/C15H21N3.C15H20N2O.2Y/c1-4-16-15-14(6-5-9-17-15)13-7-10-18(11-8-13)12(2)3;1-12(2)17-9-7-13(8-10-17)14-5-3-4-6-15(14)16-11-18;;/h5-6,9,12H,1,7-8,10-11H2,2-3H3,(H,16,17);3-6,12H,7-10H2,1-2H3,(H,16,18);;/q2*-2;;. The summed E-state index contributed by atoms with van der Waals surface area (Å²) >= 11 is 0. The largest absolute Gasteiger partial charge is 0.491 e. The van der Waals surface area contributed by atoms with Crippen LogP contribution in [0.1, 0.15) is 64.5 Å². The smallest absolute Gasteiger partial charge is 0.0692 e. The zero-order valence-electron chi connectivity index (χ0n) is 23.5. The van der Waals surface area contributed by atoms with Crippen molar-refractivity contribution in [3.8, 4) is 0 Å². The van der Waals surface area contributed by atoms with E-state index in [-0.39, 0.29) is 65.4 Å². The quantitative estimate of drug-likeness (QED) is 0.290. The summed E-state index contributed by atoms with van der Waals surface area (Å²) in [4.78, 5) is 19.9. The zero-order valence-corrected chi connectivity index (χ0v) is 29.1. The molecule has 1 amide bonds. The maximum atomic E-state index is 10.5. The number of aromatic nitrogens is 1. The predicted molar refractivity (Wildman–Crippen MR) is 149 cm³/mol. The molecule has 0 atom stereocenters. The molecule has 2 aromatic rings. The Hall–Kier alpha value is -0.752. The van der Waals surface area contributed by atoms with E-state index in [9.17, 15) is 4.79 Å². The summed E-state index contributed by atoms with van der Waals surface area (Å²) in [6.45, 7) is 17.1. The number of anilines is 2. The number of nitrogens with one attached hydrogen (secondary N) is 2. The van der Waals surface area contributed by atoms with Gasteiger partial charge in [-0.3, -0.25) is 0 Å². The van der Waals surface area contributed by atoms with Crippen LogP contribution in [-0.2, 0) is 70.2 Å². The fourth-order valence-corrected chi connectivity index (χ4v) is 4.99. The maximum absolute atomic E-state index is 10.5. The summed E-state index contributed by atoms with van der Waals surface area (Å²) in [5, 5.41) is 5.67. The molecule has 2 aliphatic heterocycles. The summed E-state index contributed by atoms with van der Waals surface area (Å²) in [6, 6.07) is 13.4. The topological polar surface area (TPSA) is 60.5 Å². The van der Waals surface area contributed by atoms with Gasteiger partial charge in [-0.2, -0.15) is 42.3 Å². The van der Waals surface area contributed by atoms with Gasteiger partial charge in [0.15, 0.2) is 0 Å². The van der Waals surface area contributed by atoms with Crippen LogP contribution in [-0.4, -0.2) is 59.5 Å². The van der Waals surface area contributed by atoms with Gasteiger partial charge in [0.1, 0.15) is 0 Å². The van der Waals surface area contributed by atoms with E-state index in [0.29, 0.717) is 12.1 Å². The number of piperidine rings is 2. The summed E-state index contributed by atoms with van der Waals surface area (Å²) < 4.78 is 0. The van der Waals surface area contributed by atoms with E-state index >= 15 is 0 Å². The first-order chi connectivity index (χ1) is 17.4. The number of hydrogen-bond acceptors (Lipinski definition) is 5. The van der Waals surface area contributed by atoms with Crippen LogP contribution in [0.5, 0.6) is 0 Å². The molecule has 2 fully saturated rings. The van der Waals surface area contributed by atoms with Crippen molar-refractivity contribution in [1.29, 1.82) is 0 Å². The third-order valence-corrected chi connectivity index (χ3v) is 7.15. The molecule has 2 saturated heterocycles. The molecular formula is C30H41N5OY2-4. The van der Waals surface area contributed by atoms with E-state index < -0.39 is 0 Å². The Morgan fingerprint density at radius 1 is 0.816 bits per heavy atom. The number of hydrogen-bond donors (Lipinski definition) is 2. The SMILES string of the molecule is C=[C-]Nc1ncccc1[C-]1CCN(C(C)C)CC1.CC(C)N1CC[C-](c2ccccc2N[C-]=O)CC1.[Y].[Y]. The van der Waals surface area contributed by atoms with Gasteiger partial charge in [0, 0.05) is 89.5 Å². The summed E-state index contributed by atoms with van der Waals surface area (Å²) in [7, 11) is 0. The van der Waals surface area contributed by atoms with Gasteiger partial charge in [-0.1, -0.05) is 31.7 Å². The molecule has 0 unspecified atom stereocenters. The van der Waals surface area contributed by atoms with Crippen LogP contribution in [0.3, 0.4) is 0 Å². The van der Waals surface area contributed by atoms with Crippen molar-refractivity contribution in [2.24, 2.45) is 0 Å². The fraction of sp³-hybridized carbons (Fsp3) is 0.467. The Balaban J connectivity index is 0.000000361. The van der Waals surface area contributed by atoms with Gasteiger partial charge < -0.3 is 30.2 Å². The van der Waals surface area contributed by atoms with Crippen molar-refractivity contribution < 1.29 is 70.2 Å². The van der Waals surface area contributed by atoms with Crippen LogP contribution >= 0.6 is 0 Å². The van der Waals surface area contributed by atoms with Gasteiger partial charge in [0.2, 0.25) is 0 Å².